The lowest BCUT2D eigenvalue weighted by atomic mass is 9.97. The van der Waals surface area contributed by atoms with Crippen molar-refractivity contribution in [3.63, 3.8) is 0 Å². The van der Waals surface area contributed by atoms with Gasteiger partial charge in [0, 0.05) is 38.1 Å². The average Bonchev–Trinajstić information content (AvgIpc) is 2.98. The van der Waals surface area contributed by atoms with E-state index in [0.29, 0.717) is 25.1 Å². The van der Waals surface area contributed by atoms with E-state index in [1.54, 1.807) is 0 Å². The number of hydrogen-bond acceptors (Lipinski definition) is 4. The van der Waals surface area contributed by atoms with E-state index in [1.807, 2.05) is 30.3 Å². The van der Waals surface area contributed by atoms with Crippen molar-refractivity contribution in [2.24, 2.45) is 5.92 Å². The van der Waals surface area contributed by atoms with Crippen LogP contribution in [0.5, 0.6) is 0 Å². The second kappa shape index (κ2) is 6.91. The van der Waals surface area contributed by atoms with Gasteiger partial charge in [-0.1, -0.05) is 30.3 Å². The molecule has 2 aliphatic heterocycles. The normalized spacial score (nSPS) is 22.8. The van der Waals surface area contributed by atoms with Crippen molar-refractivity contribution in [2.75, 3.05) is 32.7 Å². The predicted molar refractivity (Wildman–Crippen MR) is 81.0 cm³/mol. The molecule has 0 spiro atoms. The summed E-state index contributed by atoms with van der Waals surface area (Å²) in [5.41, 5.74) is 1.01. The van der Waals surface area contributed by atoms with Crippen LogP contribution in [0, 0.1) is 5.92 Å². The third-order valence-corrected chi connectivity index (χ3v) is 4.28. The van der Waals surface area contributed by atoms with Crippen molar-refractivity contribution < 1.29 is 9.53 Å². The lowest BCUT2D eigenvalue weighted by molar-refractivity contribution is 0.0584. The van der Waals surface area contributed by atoms with Gasteiger partial charge in [0.2, 0.25) is 0 Å². The number of likely N-dealkylation sites (tertiary alicyclic amines) is 1. The molecule has 1 amide bonds. The van der Waals surface area contributed by atoms with Gasteiger partial charge < -0.3 is 15.4 Å². The molecule has 0 aromatic heterocycles. The molecule has 1 atom stereocenters. The smallest absolute Gasteiger partial charge is 0.407 e. The van der Waals surface area contributed by atoms with E-state index in [9.17, 15) is 4.79 Å². The fourth-order valence-electron chi connectivity index (χ4n) is 2.99. The molecule has 0 radical (unpaired) electrons. The van der Waals surface area contributed by atoms with Crippen LogP contribution in [0.25, 0.3) is 0 Å². The fourth-order valence-corrected chi connectivity index (χ4v) is 2.99. The van der Waals surface area contributed by atoms with Crippen molar-refractivity contribution in [3.05, 3.63) is 35.9 Å². The number of alkyl carbamates (subject to hydrolysis) is 1. The highest BCUT2D eigenvalue weighted by Gasteiger charge is 2.33. The summed E-state index contributed by atoms with van der Waals surface area (Å²) >= 11 is 0. The SMILES string of the molecule is O=C(NCC1CN([C@@H]2CCNC2)C1)OCc1ccccc1. The number of carbonyl (C=O) groups excluding carboxylic acids is 1. The number of rotatable bonds is 5. The van der Waals surface area contributed by atoms with Gasteiger partial charge in [0.1, 0.15) is 6.61 Å². The monoisotopic (exact) mass is 289 g/mol. The van der Waals surface area contributed by atoms with Gasteiger partial charge in [-0.05, 0) is 18.5 Å². The van der Waals surface area contributed by atoms with Crippen molar-refractivity contribution in [2.45, 2.75) is 19.1 Å². The molecule has 1 aromatic rings. The first-order valence-electron chi connectivity index (χ1n) is 7.70. The number of amides is 1. The quantitative estimate of drug-likeness (QED) is 0.855. The first-order valence-corrected chi connectivity index (χ1v) is 7.70. The summed E-state index contributed by atoms with van der Waals surface area (Å²) in [5.74, 6) is 0.565. The molecular weight excluding hydrogens is 266 g/mol. The summed E-state index contributed by atoms with van der Waals surface area (Å²) in [4.78, 5) is 14.1. The molecule has 0 bridgehead atoms. The van der Waals surface area contributed by atoms with Crippen molar-refractivity contribution in [1.29, 1.82) is 0 Å². The van der Waals surface area contributed by atoms with Crippen molar-refractivity contribution >= 4 is 6.09 Å². The van der Waals surface area contributed by atoms with Gasteiger partial charge in [0.15, 0.2) is 0 Å². The Bertz CT molecular complexity index is 454. The molecule has 2 saturated heterocycles. The molecular formula is C16H23N3O2. The molecule has 1 aromatic carbocycles. The van der Waals surface area contributed by atoms with Crippen molar-refractivity contribution in [1.82, 2.24) is 15.5 Å². The molecule has 5 nitrogen and oxygen atoms in total. The van der Waals surface area contributed by atoms with Crippen LogP contribution in [0.4, 0.5) is 4.79 Å². The number of nitrogens with zero attached hydrogens (tertiary/aromatic N) is 1. The number of carbonyl (C=O) groups is 1. The first-order chi connectivity index (χ1) is 10.3. The van der Waals surface area contributed by atoms with Gasteiger partial charge in [0.05, 0.1) is 0 Å². The van der Waals surface area contributed by atoms with Gasteiger partial charge in [-0.15, -0.1) is 0 Å². The summed E-state index contributed by atoms with van der Waals surface area (Å²) in [6.07, 6.45) is 0.930. The van der Waals surface area contributed by atoms with Gasteiger partial charge in [-0.3, -0.25) is 4.90 Å². The maximum atomic E-state index is 11.6. The maximum absolute atomic E-state index is 11.6. The van der Waals surface area contributed by atoms with Crippen molar-refractivity contribution in [3.8, 4) is 0 Å². The van der Waals surface area contributed by atoms with E-state index < -0.39 is 0 Å². The number of benzene rings is 1. The second-order valence-corrected chi connectivity index (χ2v) is 5.91. The Morgan fingerprint density at radius 3 is 2.86 bits per heavy atom. The summed E-state index contributed by atoms with van der Waals surface area (Å²) < 4.78 is 5.20. The molecule has 0 aliphatic carbocycles. The van der Waals surface area contributed by atoms with Crippen LogP contribution in [0.1, 0.15) is 12.0 Å². The summed E-state index contributed by atoms with van der Waals surface area (Å²) in [6, 6.07) is 10.4. The average molecular weight is 289 g/mol. The molecule has 2 N–H and O–H groups in total. The topological polar surface area (TPSA) is 53.6 Å². The summed E-state index contributed by atoms with van der Waals surface area (Å²) in [5, 5.41) is 6.25. The van der Waals surface area contributed by atoms with Gasteiger partial charge in [-0.25, -0.2) is 4.79 Å². The molecule has 5 heteroatoms. The minimum atomic E-state index is -0.320. The van der Waals surface area contributed by atoms with Crippen LogP contribution in [-0.2, 0) is 11.3 Å². The number of ether oxygens (including phenoxy) is 1. The summed E-state index contributed by atoms with van der Waals surface area (Å²) in [6.45, 7) is 5.47. The Labute approximate surface area is 125 Å². The molecule has 2 aliphatic rings. The molecule has 2 heterocycles. The van der Waals surface area contributed by atoms with Crippen LogP contribution < -0.4 is 10.6 Å². The van der Waals surface area contributed by atoms with E-state index in [2.05, 4.69) is 15.5 Å². The Morgan fingerprint density at radius 1 is 1.33 bits per heavy atom. The fraction of sp³-hybridized carbons (Fsp3) is 0.562. The molecule has 2 fully saturated rings. The highest BCUT2D eigenvalue weighted by Crippen LogP contribution is 2.21. The minimum absolute atomic E-state index is 0.320. The largest absolute Gasteiger partial charge is 0.445 e. The van der Waals surface area contributed by atoms with Crippen LogP contribution in [0.3, 0.4) is 0 Å². The molecule has 21 heavy (non-hydrogen) atoms. The van der Waals surface area contributed by atoms with E-state index in [4.69, 9.17) is 4.74 Å². The van der Waals surface area contributed by atoms with Crippen LogP contribution in [0.15, 0.2) is 30.3 Å². The first kappa shape index (κ1) is 14.4. The zero-order valence-electron chi connectivity index (χ0n) is 12.3. The Hall–Kier alpha value is -1.59. The van der Waals surface area contributed by atoms with E-state index in [-0.39, 0.29) is 6.09 Å². The Balaban J connectivity index is 1.28. The highest BCUT2D eigenvalue weighted by molar-refractivity contribution is 5.67. The predicted octanol–water partition coefficient (Wildman–Crippen LogP) is 1.21. The highest BCUT2D eigenvalue weighted by atomic mass is 16.5. The van der Waals surface area contributed by atoms with Gasteiger partial charge in [-0.2, -0.15) is 0 Å². The molecule has 0 saturated carbocycles. The van der Waals surface area contributed by atoms with E-state index in [1.165, 1.54) is 6.42 Å². The molecule has 114 valence electrons. The van der Waals surface area contributed by atoms with Gasteiger partial charge >= 0.3 is 6.09 Å². The zero-order valence-corrected chi connectivity index (χ0v) is 12.3. The zero-order chi connectivity index (χ0) is 14.5. The number of nitrogens with one attached hydrogen (secondary N) is 2. The number of hydrogen-bond donors (Lipinski definition) is 2. The maximum Gasteiger partial charge on any atom is 0.407 e. The van der Waals surface area contributed by atoms with E-state index >= 15 is 0 Å². The lowest BCUT2D eigenvalue weighted by Crippen LogP contribution is -2.55. The second-order valence-electron chi connectivity index (χ2n) is 5.91. The standard InChI is InChI=1S/C16H23N3O2/c20-16(21-12-13-4-2-1-3-5-13)18-8-14-10-19(11-14)15-6-7-17-9-15/h1-5,14-15,17H,6-12H2,(H,18,20)/t15-/m1/s1. The van der Waals surface area contributed by atoms with Crippen LogP contribution in [0.2, 0.25) is 0 Å². The van der Waals surface area contributed by atoms with E-state index in [0.717, 1.165) is 31.7 Å². The molecule has 0 unspecified atom stereocenters. The third kappa shape index (κ3) is 3.95. The summed E-state index contributed by atoms with van der Waals surface area (Å²) in [7, 11) is 0. The Morgan fingerprint density at radius 2 is 2.14 bits per heavy atom. The van der Waals surface area contributed by atoms with Gasteiger partial charge in [0.25, 0.3) is 0 Å². The third-order valence-electron chi connectivity index (χ3n) is 4.28. The minimum Gasteiger partial charge on any atom is -0.445 e. The van der Waals surface area contributed by atoms with Crippen LogP contribution >= 0.6 is 0 Å². The van der Waals surface area contributed by atoms with Crippen LogP contribution in [-0.4, -0.2) is 49.8 Å². The Kier molecular flexibility index (Phi) is 4.72. The lowest BCUT2D eigenvalue weighted by Gasteiger charge is -2.43. The molecule has 3 rings (SSSR count).